The molecule has 2 N–H and O–H groups in total. The summed E-state index contributed by atoms with van der Waals surface area (Å²) < 4.78 is 0. The van der Waals surface area contributed by atoms with Gasteiger partial charge in [-0.25, -0.2) is 4.99 Å². The van der Waals surface area contributed by atoms with Crippen molar-refractivity contribution in [1.29, 1.82) is 0 Å². The lowest BCUT2D eigenvalue weighted by Crippen LogP contribution is -2.06. The molecule has 0 aliphatic carbocycles. The molecule has 28 heavy (non-hydrogen) atoms. The summed E-state index contributed by atoms with van der Waals surface area (Å²) in [6, 6.07) is 21.6. The minimum absolute atomic E-state index is 0.266. The number of carbonyl (C=O) groups is 1. The van der Waals surface area contributed by atoms with Crippen LogP contribution in [0, 0.1) is 4.91 Å². The number of carbonyl (C=O) groups excluding carboxylic acids is 1. The Bertz CT molecular complexity index is 1060. The van der Waals surface area contributed by atoms with Gasteiger partial charge < -0.3 is 5.73 Å². The second-order valence-corrected chi connectivity index (χ2v) is 6.38. The second kappa shape index (κ2) is 8.88. The molecule has 5 nitrogen and oxygen atoms in total. The fraction of sp³-hybridized carbons (Fsp3) is 0. The maximum atomic E-state index is 11.4. The minimum atomic E-state index is -0.781. The molecule has 6 heteroatoms. The SMILES string of the molecule is NC(/C=C/c1ccc(-c2cccc(C(=O)N=O)c2)cc1)=Nc1ccc(Cl)cc1. The Balaban J connectivity index is 1.74. The fourth-order valence-electron chi connectivity index (χ4n) is 2.55. The highest BCUT2D eigenvalue weighted by molar-refractivity contribution is 6.30. The predicted molar refractivity (Wildman–Crippen MR) is 114 cm³/mol. The van der Waals surface area contributed by atoms with Crippen molar-refractivity contribution in [2.75, 3.05) is 0 Å². The van der Waals surface area contributed by atoms with Crippen LogP contribution in [0.1, 0.15) is 15.9 Å². The Morgan fingerprint density at radius 1 is 0.929 bits per heavy atom. The van der Waals surface area contributed by atoms with Gasteiger partial charge in [0.05, 0.1) is 5.69 Å². The van der Waals surface area contributed by atoms with E-state index in [1.54, 1.807) is 48.5 Å². The topological polar surface area (TPSA) is 84.9 Å². The molecule has 0 saturated carbocycles. The smallest absolute Gasteiger partial charge is 0.316 e. The molecule has 0 heterocycles. The molecule has 3 aromatic carbocycles. The monoisotopic (exact) mass is 389 g/mol. The van der Waals surface area contributed by atoms with Crippen molar-refractivity contribution in [2.45, 2.75) is 0 Å². The van der Waals surface area contributed by atoms with Gasteiger partial charge in [0.2, 0.25) is 0 Å². The lowest BCUT2D eigenvalue weighted by molar-refractivity contribution is 0.100. The first-order valence-corrected chi connectivity index (χ1v) is 8.79. The molecule has 0 radical (unpaired) electrons. The van der Waals surface area contributed by atoms with E-state index in [1.807, 2.05) is 36.4 Å². The van der Waals surface area contributed by atoms with E-state index < -0.39 is 5.91 Å². The minimum Gasteiger partial charge on any atom is -0.384 e. The molecule has 0 saturated heterocycles. The molecule has 0 aromatic heterocycles. The van der Waals surface area contributed by atoms with Gasteiger partial charge in [0, 0.05) is 15.8 Å². The third-order valence-electron chi connectivity index (χ3n) is 3.97. The first-order valence-electron chi connectivity index (χ1n) is 8.41. The van der Waals surface area contributed by atoms with Crippen LogP contribution in [0.4, 0.5) is 5.69 Å². The highest BCUT2D eigenvalue weighted by Gasteiger charge is 2.06. The van der Waals surface area contributed by atoms with E-state index in [-0.39, 0.29) is 5.56 Å². The number of benzene rings is 3. The largest absolute Gasteiger partial charge is 0.384 e. The Kier molecular flexibility index (Phi) is 6.09. The number of amidine groups is 1. The van der Waals surface area contributed by atoms with Crippen molar-refractivity contribution >= 4 is 35.1 Å². The number of hydrogen-bond donors (Lipinski definition) is 1. The first kappa shape index (κ1) is 19.2. The van der Waals surface area contributed by atoms with Crippen LogP contribution >= 0.6 is 11.6 Å². The molecule has 3 aromatic rings. The molecule has 0 unspecified atom stereocenters. The number of halogens is 1. The lowest BCUT2D eigenvalue weighted by Gasteiger charge is -2.04. The lowest BCUT2D eigenvalue weighted by atomic mass is 10.0. The van der Waals surface area contributed by atoms with Crippen molar-refractivity contribution < 1.29 is 4.79 Å². The number of nitrogens with zero attached hydrogens (tertiary/aromatic N) is 2. The second-order valence-electron chi connectivity index (χ2n) is 5.95. The number of rotatable bonds is 5. The highest BCUT2D eigenvalue weighted by atomic mass is 35.5. The fourth-order valence-corrected chi connectivity index (χ4v) is 2.68. The average molecular weight is 390 g/mol. The Hall–Kier alpha value is -3.57. The van der Waals surface area contributed by atoms with E-state index in [4.69, 9.17) is 17.3 Å². The summed E-state index contributed by atoms with van der Waals surface area (Å²) in [6.45, 7) is 0. The van der Waals surface area contributed by atoms with Crippen LogP contribution in [0.25, 0.3) is 17.2 Å². The molecule has 0 atom stereocenters. The average Bonchev–Trinajstić information content (AvgIpc) is 2.74. The molecule has 138 valence electrons. The predicted octanol–water partition coefficient (Wildman–Crippen LogP) is 5.62. The maximum absolute atomic E-state index is 11.4. The highest BCUT2D eigenvalue weighted by Crippen LogP contribution is 2.22. The van der Waals surface area contributed by atoms with E-state index in [9.17, 15) is 9.70 Å². The van der Waals surface area contributed by atoms with Crippen molar-refractivity contribution in [3.8, 4) is 11.1 Å². The summed E-state index contributed by atoms with van der Waals surface area (Å²) in [7, 11) is 0. The van der Waals surface area contributed by atoms with Crippen molar-refractivity contribution in [1.82, 2.24) is 0 Å². The van der Waals surface area contributed by atoms with E-state index in [0.717, 1.165) is 22.4 Å². The first-order chi connectivity index (χ1) is 13.5. The Morgan fingerprint density at radius 2 is 1.64 bits per heavy atom. The van der Waals surface area contributed by atoms with Gasteiger partial charge in [-0.1, -0.05) is 54.1 Å². The van der Waals surface area contributed by atoms with Gasteiger partial charge in [0.25, 0.3) is 0 Å². The third kappa shape index (κ3) is 4.99. The zero-order chi connectivity index (χ0) is 19.9. The Labute approximate surface area is 167 Å². The van der Waals surface area contributed by atoms with Gasteiger partial charge in [-0.3, -0.25) is 4.79 Å². The van der Waals surface area contributed by atoms with Crippen molar-refractivity contribution in [2.24, 2.45) is 15.9 Å². The maximum Gasteiger partial charge on any atom is 0.316 e. The molecular formula is C22H16ClN3O2. The molecular weight excluding hydrogens is 374 g/mol. The molecule has 3 rings (SSSR count). The molecule has 0 aliphatic rings. The molecule has 0 bridgehead atoms. The summed E-state index contributed by atoms with van der Waals surface area (Å²) in [4.78, 5) is 26.1. The number of aliphatic imine (C=N–C) groups is 1. The standard InChI is InChI=1S/C22H16ClN3O2/c23-19-9-11-20(12-10-19)25-21(24)13-6-15-4-7-16(8-5-15)17-2-1-3-18(14-17)22(27)26-28/h1-14H,(H2,24,25)/b13-6+. The third-order valence-corrected chi connectivity index (χ3v) is 4.22. The van der Waals surface area contributed by atoms with E-state index in [1.165, 1.54) is 0 Å². The quantitative estimate of drug-likeness (QED) is 0.349. The summed E-state index contributed by atoms with van der Waals surface area (Å²) in [5, 5.41) is 3.10. The molecule has 0 aliphatic heterocycles. The van der Waals surface area contributed by atoms with E-state index in [2.05, 4.69) is 10.2 Å². The summed E-state index contributed by atoms with van der Waals surface area (Å²) in [6.07, 6.45) is 3.58. The van der Waals surface area contributed by atoms with Gasteiger partial charge in [-0.2, -0.15) is 0 Å². The van der Waals surface area contributed by atoms with E-state index >= 15 is 0 Å². The van der Waals surface area contributed by atoms with Crippen LogP contribution in [-0.2, 0) is 0 Å². The Morgan fingerprint density at radius 3 is 2.32 bits per heavy atom. The van der Waals surface area contributed by atoms with Crippen LogP contribution in [0.5, 0.6) is 0 Å². The summed E-state index contributed by atoms with van der Waals surface area (Å²) in [5.74, 6) is -0.407. The number of hydrogen-bond acceptors (Lipinski definition) is 3. The summed E-state index contributed by atoms with van der Waals surface area (Å²) in [5.41, 5.74) is 9.61. The summed E-state index contributed by atoms with van der Waals surface area (Å²) >= 11 is 5.85. The normalized spacial score (nSPS) is 11.5. The van der Waals surface area contributed by atoms with Gasteiger partial charge in [0.15, 0.2) is 0 Å². The van der Waals surface area contributed by atoms with Crippen LogP contribution in [-0.4, -0.2) is 11.7 Å². The van der Waals surface area contributed by atoms with Crippen molar-refractivity contribution in [3.63, 3.8) is 0 Å². The zero-order valence-electron chi connectivity index (χ0n) is 14.7. The number of amides is 1. The molecule has 1 amide bonds. The van der Waals surface area contributed by atoms with Gasteiger partial charge in [0.1, 0.15) is 5.84 Å². The zero-order valence-corrected chi connectivity index (χ0v) is 15.5. The number of nitroso groups, excluding NO2 is 1. The van der Waals surface area contributed by atoms with Gasteiger partial charge in [-0.15, -0.1) is 4.91 Å². The molecule has 0 fully saturated rings. The van der Waals surface area contributed by atoms with Crippen molar-refractivity contribution in [3.05, 3.63) is 99.9 Å². The molecule has 0 spiro atoms. The van der Waals surface area contributed by atoms with Crippen LogP contribution < -0.4 is 5.73 Å². The van der Waals surface area contributed by atoms with Gasteiger partial charge >= 0.3 is 5.91 Å². The van der Waals surface area contributed by atoms with Gasteiger partial charge in [-0.05, 0) is 59.2 Å². The van der Waals surface area contributed by atoms with E-state index in [0.29, 0.717) is 10.9 Å². The van der Waals surface area contributed by atoms with Crippen LogP contribution in [0.2, 0.25) is 5.02 Å². The van der Waals surface area contributed by atoms with Crippen LogP contribution in [0.15, 0.2) is 89.0 Å². The van der Waals surface area contributed by atoms with Crippen LogP contribution in [0.3, 0.4) is 0 Å². The number of nitrogens with two attached hydrogens (primary N) is 1.